The van der Waals surface area contributed by atoms with Crippen molar-refractivity contribution < 1.29 is 9.21 Å². The standard InChI is InChI=1S/C18H19N3O2S/c1-11-10-13(21(3)4)7-8-14(11)19-17(22)16-12(2)24-18(20-16)15-6-5-9-23-15/h5-10H,1-4H3,(H,19,22). The van der Waals surface area contributed by atoms with E-state index in [1.54, 1.807) is 6.26 Å². The Labute approximate surface area is 144 Å². The highest BCUT2D eigenvalue weighted by Crippen LogP contribution is 2.29. The molecule has 1 aromatic carbocycles. The van der Waals surface area contributed by atoms with Crippen molar-refractivity contribution in [3.8, 4) is 10.8 Å². The van der Waals surface area contributed by atoms with Crippen LogP contribution in [0.3, 0.4) is 0 Å². The van der Waals surface area contributed by atoms with E-state index in [-0.39, 0.29) is 5.91 Å². The first-order valence-corrected chi connectivity index (χ1v) is 8.38. The van der Waals surface area contributed by atoms with Gasteiger partial charge in [0.15, 0.2) is 10.8 Å². The molecule has 24 heavy (non-hydrogen) atoms. The van der Waals surface area contributed by atoms with Crippen LogP contribution in [-0.4, -0.2) is 25.0 Å². The highest BCUT2D eigenvalue weighted by Gasteiger charge is 2.18. The third kappa shape index (κ3) is 3.19. The lowest BCUT2D eigenvalue weighted by molar-refractivity contribution is 0.102. The number of hydrogen-bond donors (Lipinski definition) is 1. The van der Waals surface area contributed by atoms with Gasteiger partial charge in [-0.2, -0.15) is 0 Å². The number of nitrogens with zero attached hydrogens (tertiary/aromatic N) is 2. The molecule has 2 aromatic heterocycles. The van der Waals surface area contributed by atoms with Gasteiger partial charge in [-0.1, -0.05) is 0 Å². The lowest BCUT2D eigenvalue weighted by Gasteiger charge is -2.15. The summed E-state index contributed by atoms with van der Waals surface area (Å²) in [4.78, 5) is 19.9. The van der Waals surface area contributed by atoms with E-state index in [0.29, 0.717) is 16.5 Å². The fourth-order valence-electron chi connectivity index (χ4n) is 2.36. The molecule has 1 N–H and O–H groups in total. The first-order chi connectivity index (χ1) is 11.5. The van der Waals surface area contributed by atoms with Gasteiger partial charge in [-0.3, -0.25) is 4.79 Å². The van der Waals surface area contributed by atoms with Gasteiger partial charge in [-0.15, -0.1) is 11.3 Å². The van der Waals surface area contributed by atoms with Gasteiger partial charge < -0.3 is 14.6 Å². The molecule has 0 spiro atoms. The number of benzene rings is 1. The summed E-state index contributed by atoms with van der Waals surface area (Å²) in [5.41, 5.74) is 3.32. The minimum Gasteiger partial charge on any atom is -0.462 e. The Kier molecular flexibility index (Phi) is 4.40. The molecule has 0 bridgehead atoms. The Morgan fingerprint density at radius 3 is 2.67 bits per heavy atom. The number of hydrogen-bond acceptors (Lipinski definition) is 5. The topological polar surface area (TPSA) is 58.4 Å². The van der Waals surface area contributed by atoms with Gasteiger partial charge in [0.1, 0.15) is 5.69 Å². The molecule has 3 rings (SSSR count). The molecule has 1 amide bonds. The highest BCUT2D eigenvalue weighted by molar-refractivity contribution is 7.15. The predicted molar refractivity (Wildman–Crippen MR) is 98.0 cm³/mol. The smallest absolute Gasteiger partial charge is 0.275 e. The van der Waals surface area contributed by atoms with Gasteiger partial charge in [0, 0.05) is 30.3 Å². The zero-order valence-corrected chi connectivity index (χ0v) is 14.9. The Balaban J connectivity index is 1.83. The van der Waals surface area contributed by atoms with Crippen molar-refractivity contribution in [2.75, 3.05) is 24.3 Å². The maximum absolute atomic E-state index is 12.6. The molecule has 0 fully saturated rings. The Hall–Kier alpha value is -2.60. The van der Waals surface area contributed by atoms with E-state index < -0.39 is 0 Å². The molecule has 0 unspecified atom stereocenters. The predicted octanol–water partition coefficient (Wildman–Crippen LogP) is 4.34. The number of aryl methyl sites for hydroxylation is 2. The quantitative estimate of drug-likeness (QED) is 0.767. The van der Waals surface area contributed by atoms with Gasteiger partial charge in [0.05, 0.1) is 6.26 Å². The molecule has 0 aliphatic rings. The second-order valence-electron chi connectivity index (χ2n) is 5.75. The van der Waals surface area contributed by atoms with Gasteiger partial charge in [-0.25, -0.2) is 4.98 Å². The van der Waals surface area contributed by atoms with Crippen LogP contribution in [0, 0.1) is 13.8 Å². The van der Waals surface area contributed by atoms with E-state index in [2.05, 4.69) is 10.3 Å². The molecule has 0 aliphatic heterocycles. The number of thiazole rings is 1. The van der Waals surface area contributed by atoms with Crippen LogP contribution in [0.4, 0.5) is 11.4 Å². The van der Waals surface area contributed by atoms with Crippen molar-refractivity contribution in [2.24, 2.45) is 0 Å². The average molecular weight is 341 g/mol. The number of carbonyl (C=O) groups excluding carboxylic acids is 1. The Bertz CT molecular complexity index is 867. The number of carbonyl (C=O) groups is 1. The first-order valence-electron chi connectivity index (χ1n) is 7.56. The van der Waals surface area contributed by atoms with Crippen LogP contribution < -0.4 is 10.2 Å². The number of rotatable bonds is 4. The summed E-state index contributed by atoms with van der Waals surface area (Å²) in [6, 6.07) is 9.58. The zero-order chi connectivity index (χ0) is 17.3. The van der Waals surface area contributed by atoms with E-state index in [1.807, 2.05) is 63.2 Å². The third-order valence-corrected chi connectivity index (χ3v) is 4.70. The highest BCUT2D eigenvalue weighted by atomic mass is 32.1. The summed E-state index contributed by atoms with van der Waals surface area (Å²) < 4.78 is 5.35. The van der Waals surface area contributed by atoms with Crippen LogP contribution in [0.25, 0.3) is 10.8 Å². The molecule has 5 nitrogen and oxygen atoms in total. The molecule has 6 heteroatoms. The summed E-state index contributed by atoms with van der Waals surface area (Å²) in [6.45, 7) is 3.87. The van der Waals surface area contributed by atoms with Gasteiger partial charge in [-0.05, 0) is 49.7 Å². The van der Waals surface area contributed by atoms with Crippen molar-refractivity contribution >= 4 is 28.6 Å². The Morgan fingerprint density at radius 2 is 2.04 bits per heavy atom. The molecular formula is C18H19N3O2S. The van der Waals surface area contributed by atoms with Gasteiger partial charge in [0.2, 0.25) is 0 Å². The van der Waals surface area contributed by atoms with E-state index >= 15 is 0 Å². The summed E-state index contributed by atoms with van der Waals surface area (Å²) in [6.07, 6.45) is 1.60. The largest absolute Gasteiger partial charge is 0.462 e. The van der Waals surface area contributed by atoms with Gasteiger partial charge in [0.25, 0.3) is 5.91 Å². The SMILES string of the molecule is Cc1cc(N(C)C)ccc1NC(=O)c1nc(-c2ccco2)sc1C. The number of aromatic nitrogens is 1. The van der Waals surface area contributed by atoms with E-state index in [0.717, 1.165) is 21.8 Å². The molecule has 124 valence electrons. The molecule has 0 aliphatic carbocycles. The lowest BCUT2D eigenvalue weighted by Crippen LogP contribution is -2.15. The number of anilines is 2. The minimum absolute atomic E-state index is 0.206. The van der Waals surface area contributed by atoms with Crippen LogP contribution in [0.2, 0.25) is 0 Å². The maximum atomic E-state index is 12.6. The van der Waals surface area contributed by atoms with Gasteiger partial charge >= 0.3 is 0 Å². The monoisotopic (exact) mass is 341 g/mol. The molecule has 2 heterocycles. The molecule has 0 saturated heterocycles. The Morgan fingerprint density at radius 1 is 1.25 bits per heavy atom. The zero-order valence-electron chi connectivity index (χ0n) is 14.1. The van der Waals surface area contributed by atoms with Crippen LogP contribution >= 0.6 is 11.3 Å². The van der Waals surface area contributed by atoms with E-state index in [9.17, 15) is 4.79 Å². The van der Waals surface area contributed by atoms with E-state index in [4.69, 9.17) is 4.42 Å². The summed E-state index contributed by atoms with van der Waals surface area (Å²) in [5, 5.41) is 3.66. The van der Waals surface area contributed by atoms with Crippen LogP contribution in [0.1, 0.15) is 20.9 Å². The fraction of sp³-hybridized carbons (Fsp3) is 0.222. The first kappa shape index (κ1) is 16.3. The van der Waals surface area contributed by atoms with Crippen LogP contribution in [0.5, 0.6) is 0 Å². The van der Waals surface area contributed by atoms with Crippen LogP contribution in [-0.2, 0) is 0 Å². The summed E-state index contributed by atoms with van der Waals surface area (Å²) in [7, 11) is 3.98. The maximum Gasteiger partial charge on any atom is 0.275 e. The summed E-state index contributed by atoms with van der Waals surface area (Å²) >= 11 is 1.45. The minimum atomic E-state index is -0.206. The second-order valence-corrected chi connectivity index (χ2v) is 6.95. The van der Waals surface area contributed by atoms with Crippen molar-refractivity contribution in [2.45, 2.75) is 13.8 Å². The number of amides is 1. The molecule has 3 aromatic rings. The molecule has 0 radical (unpaired) electrons. The molecule has 0 saturated carbocycles. The summed E-state index contributed by atoms with van der Waals surface area (Å²) in [5.74, 6) is 0.468. The van der Waals surface area contributed by atoms with Crippen molar-refractivity contribution in [1.29, 1.82) is 0 Å². The number of furan rings is 1. The normalized spacial score (nSPS) is 10.7. The van der Waals surface area contributed by atoms with Crippen molar-refractivity contribution in [1.82, 2.24) is 4.98 Å². The van der Waals surface area contributed by atoms with Crippen LogP contribution in [0.15, 0.2) is 41.0 Å². The average Bonchev–Trinajstić information content (AvgIpc) is 3.18. The lowest BCUT2D eigenvalue weighted by atomic mass is 10.1. The van der Waals surface area contributed by atoms with E-state index in [1.165, 1.54) is 11.3 Å². The molecule has 0 atom stereocenters. The number of nitrogens with one attached hydrogen (secondary N) is 1. The third-order valence-electron chi connectivity index (χ3n) is 3.72. The van der Waals surface area contributed by atoms with Crippen molar-refractivity contribution in [3.05, 3.63) is 52.7 Å². The molecular weight excluding hydrogens is 322 g/mol. The van der Waals surface area contributed by atoms with Crippen molar-refractivity contribution in [3.63, 3.8) is 0 Å². The fourth-order valence-corrected chi connectivity index (χ4v) is 3.24. The second kappa shape index (κ2) is 6.49.